The quantitative estimate of drug-likeness (QED) is 0.411. The maximum Gasteiger partial charge on any atom is 0.190 e. The van der Waals surface area contributed by atoms with E-state index >= 15 is 0 Å². The molecule has 0 radical (unpaired) electrons. The molecule has 1 aromatic heterocycles. The summed E-state index contributed by atoms with van der Waals surface area (Å²) in [5, 5.41) is 10.8. The molecule has 2 aromatic rings. The van der Waals surface area contributed by atoms with Crippen molar-refractivity contribution in [3.8, 4) is 11.5 Å². The predicted molar refractivity (Wildman–Crippen MR) is 99.5 cm³/mol. The zero-order valence-corrected chi connectivity index (χ0v) is 15.2. The fourth-order valence-electron chi connectivity index (χ4n) is 2.49. The van der Waals surface area contributed by atoms with Gasteiger partial charge in [-0.3, -0.25) is 9.67 Å². The Bertz CT molecular complexity index is 655. The number of hydrogen-bond donors (Lipinski definition) is 2. The summed E-state index contributed by atoms with van der Waals surface area (Å²) in [5.74, 6) is 2.49. The van der Waals surface area contributed by atoms with Gasteiger partial charge in [0.25, 0.3) is 0 Å². The van der Waals surface area contributed by atoms with Crippen molar-refractivity contribution in [1.29, 1.82) is 0 Å². The van der Waals surface area contributed by atoms with Gasteiger partial charge in [-0.25, -0.2) is 0 Å². The van der Waals surface area contributed by atoms with Crippen LogP contribution in [-0.4, -0.2) is 50.1 Å². The number of benzene rings is 1. The van der Waals surface area contributed by atoms with Gasteiger partial charge in [0.05, 0.1) is 14.2 Å². The maximum absolute atomic E-state index is 5.41. The van der Waals surface area contributed by atoms with E-state index in [0.29, 0.717) is 0 Å². The summed E-state index contributed by atoms with van der Waals surface area (Å²) >= 11 is 0. The minimum Gasteiger partial charge on any atom is -0.497 e. The lowest BCUT2D eigenvalue weighted by molar-refractivity contribution is 0.398. The lowest BCUT2D eigenvalue weighted by atomic mass is 10.1. The van der Waals surface area contributed by atoms with Gasteiger partial charge in [0.1, 0.15) is 11.5 Å². The zero-order chi connectivity index (χ0) is 17.9. The van der Waals surface area contributed by atoms with Gasteiger partial charge in [-0.15, -0.1) is 0 Å². The molecule has 1 aromatic carbocycles. The third-order valence-electron chi connectivity index (χ3n) is 3.81. The molecular weight excluding hydrogens is 318 g/mol. The second-order valence-corrected chi connectivity index (χ2v) is 5.48. The summed E-state index contributed by atoms with van der Waals surface area (Å²) in [6, 6.07) is 7.76. The molecule has 0 amide bonds. The van der Waals surface area contributed by atoms with Gasteiger partial charge in [0, 0.05) is 39.1 Å². The van der Waals surface area contributed by atoms with Gasteiger partial charge < -0.3 is 20.1 Å². The van der Waals surface area contributed by atoms with Crippen LogP contribution in [0.2, 0.25) is 0 Å². The lowest BCUT2D eigenvalue weighted by Gasteiger charge is -2.14. The highest BCUT2D eigenvalue weighted by molar-refractivity contribution is 5.79. The maximum atomic E-state index is 5.41. The van der Waals surface area contributed by atoms with E-state index in [0.717, 1.165) is 55.5 Å². The third-order valence-corrected chi connectivity index (χ3v) is 3.81. The molecule has 0 atom stereocenters. The first-order valence-electron chi connectivity index (χ1n) is 8.39. The lowest BCUT2D eigenvalue weighted by Crippen LogP contribution is -2.39. The van der Waals surface area contributed by atoms with Crippen molar-refractivity contribution < 1.29 is 9.47 Å². The largest absolute Gasteiger partial charge is 0.497 e. The van der Waals surface area contributed by atoms with E-state index in [9.17, 15) is 0 Å². The summed E-state index contributed by atoms with van der Waals surface area (Å²) in [6.45, 7) is 2.47. The van der Waals surface area contributed by atoms with Crippen LogP contribution in [-0.2, 0) is 13.0 Å². The predicted octanol–water partition coefficient (Wildman–Crippen LogP) is 1.70. The van der Waals surface area contributed by atoms with Gasteiger partial charge in [-0.2, -0.15) is 5.10 Å². The van der Waals surface area contributed by atoms with E-state index in [1.165, 1.54) is 0 Å². The highest BCUT2D eigenvalue weighted by Gasteiger charge is 2.05. The van der Waals surface area contributed by atoms with E-state index in [1.54, 1.807) is 27.5 Å². The molecule has 7 nitrogen and oxygen atoms in total. The van der Waals surface area contributed by atoms with Crippen molar-refractivity contribution in [1.82, 2.24) is 20.4 Å². The van der Waals surface area contributed by atoms with Crippen LogP contribution in [0.4, 0.5) is 0 Å². The molecule has 0 saturated carbocycles. The first-order chi connectivity index (χ1) is 12.3. The van der Waals surface area contributed by atoms with Crippen LogP contribution in [0.25, 0.3) is 0 Å². The van der Waals surface area contributed by atoms with Crippen LogP contribution in [0, 0.1) is 0 Å². The Morgan fingerprint density at radius 2 is 2.04 bits per heavy atom. The molecule has 0 unspecified atom stereocenters. The molecule has 0 aliphatic rings. The van der Waals surface area contributed by atoms with Crippen LogP contribution < -0.4 is 20.1 Å². The molecule has 25 heavy (non-hydrogen) atoms. The Labute approximate surface area is 149 Å². The van der Waals surface area contributed by atoms with Crippen molar-refractivity contribution in [2.24, 2.45) is 4.99 Å². The molecule has 7 heteroatoms. The molecule has 0 bridgehead atoms. The number of aliphatic imine (C=N–C) groups is 1. The minimum atomic E-state index is 0.752. The zero-order valence-electron chi connectivity index (χ0n) is 15.2. The number of aryl methyl sites for hydroxylation is 1. The Kier molecular flexibility index (Phi) is 7.62. The number of rotatable bonds is 9. The molecule has 2 N–H and O–H groups in total. The molecule has 0 saturated heterocycles. The fraction of sp³-hybridized carbons (Fsp3) is 0.444. The average molecular weight is 345 g/mol. The van der Waals surface area contributed by atoms with E-state index in [2.05, 4.69) is 20.7 Å². The summed E-state index contributed by atoms with van der Waals surface area (Å²) < 4.78 is 12.6. The molecule has 2 rings (SSSR count). The highest BCUT2D eigenvalue weighted by atomic mass is 16.5. The van der Waals surface area contributed by atoms with Crippen LogP contribution in [0.3, 0.4) is 0 Å². The topological polar surface area (TPSA) is 72.7 Å². The Balaban J connectivity index is 1.73. The highest BCUT2D eigenvalue weighted by Crippen LogP contribution is 2.24. The Morgan fingerprint density at radius 1 is 1.20 bits per heavy atom. The van der Waals surface area contributed by atoms with Gasteiger partial charge in [0.2, 0.25) is 0 Å². The summed E-state index contributed by atoms with van der Waals surface area (Å²) in [6.07, 6.45) is 5.55. The third kappa shape index (κ3) is 6.02. The molecule has 0 fully saturated rings. The standard InChI is InChI=1S/C18H27N5O2/c1-19-18(20-9-4-12-23-13-5-10-22-23)21-11-8-15-14-16(24-2)6-7-17(15)25-3/h5-7,10,13-14H,4,8-9,11-12H2,1-3H3,(H2,19,20,21). The van der Waals surface area contributed by atoms with E-state index in [1.807, 2.05) is 35.1 Å². The van der Waals surface area contributed by atoms with Gasteiger partial charge in [-0.05, 0) is 42.7 Å². The van der Waals surface area contributed by atoms with Crippen LogP contribution in [0.15, 0.2) is 41.7 Å². The van der Waals surface area contributed by atoms with Crippen molar-refractivity contribution in [3.63, 3.8) is 0 Å². The molecule has 1 heterocycles. The average Bonchev–Trinajstić information content (AvgIpc) is 3.17. The smallest absolute Gasteiger partial charge is 0.190 e. The van der Waals surface area contributed by atoms with Crippen LogP contribution >= 0.6 is 0 Å². The monoisotopic (exact) mass is 345 g/mol. The molecule has 0 aliphatic carbocycles. The number of hydrogen-bond acceptors (Lipinski definition) is 4. The Hall–Kier alpha value is -2.70. The summed E-state index contributed by atoms with van der Waals surface area (Å²) in [5.41, 5.74) is 1.10. The first kappa shape index (κ1) is 18.6. The minimum absolute atomic E-state index is 0.752. The Morgan fingerprint density at radius 3 is 2.72 bits per heavy atom. The number of aromatic nitrogens is 2. The molecule has 0 spiro atoms. The molecule has 136 valence electrons. The van der Waals surface area contributed by atoms with Gasteiger partial charge >= 0.3 is 0 Å². The SMILES string of the molecule is CN=C(NCCCn1cccn1)NCCc1cc(OC)ccc1OC. The molecule has 0 aliphatic heterocycles. The van der Waals surface area contributed by atoms with Gasteiger partial charge in [0.15, 0.2) is 5.96 Å². The van der Waals surface area contributed by atoms with E-state index < -0.39 is 0 Å². The van der Waals surface area contributed by atoms with Crippen molar-refractivity contribution in [2.45, 2.75) is 19.4 Å². The normalized spacial score (nSPS) is 11.2. The van der Waals surface area contributed by atoms with E-state index in [4.69, 9.17) is 9.47 Å². The second-order valence-electron chi connectivity index (χ2n) is 5.48. The second kappa shape index (κ2) is 10.2. The summed E-state index contributed by atoms with van der Waals surface area (Å²) in [4.78, 5) is 4.25. The first-order valence-corrected chi connectivity index (χ1v) is 8.39. The van der Waals surface area contributed by atoms with Crippen molar-refractivity contribution >= 4 is 5.96 Å². The number of nitrogens with zero attached hydrogens (tertiary/aromatic N) is 3. The van der Waals surface area contributed by atoms with Crippen LogP contribution in [0.1, 0.15) is 12.0 Å². The van der Waals surface area contributed by atoms with E-state index in [-0.39, 0.29) is 0 Å². The van der Waals surface area contributed by atoms with Gasteiger partial charge in [-0.1, -0.05) is 0 Å². The van der Waals surface area contributed by atoms with Crippen molar-refractivity contribution in [2.75, 3.05) is 34.4 Å². The number of methoxy groups -OCH3 is 2. The summed E-state index contributed by atoms with van der Waals surface area (Å²) in [7, 11) is 5.12. The number of ether oxygens (including phenoxy) is 2. The van der Waals surface area contributed by atoms with Crippen molar-refractivity contribution in [3.05, 3.63) is 42.2 Å². The number of guanidine groups is 1. The van der Waals surface area contributed by atoms with Crippen LogP contribution in [0.5, 0.6) is 11.5 Å². The fourth-order valence-corrected chi connectivity index (χ4v) is 2.49. The number of nitrogens with one attached hydrogen (secondary N) is 2. The molecular formula is C18H27N5O2.